The molecule has 1 aromatic carbocycles. The molecule has 4 N–H and O–H groups in total. The minimum absolute atomic E-state index is 0.0330. The number of carbonyl (C=O) groups is 5. The van der Waals surface area contributed by atoms with Crippen LogP contribution >= 0.6 is 21.6 Å². The van der Waals surface area contributed by atoms with Crippen molar-refractivity contribution in [3.63, 3.8) is 0 Å². The Bertz CT molecular complexity index is 2030. The number of carbonyl (C=O) groups excluding carboxylic acids is 5. The summed E-state index contributed by atoms with van der Waals surface area (Å²) in [5.74, 6) is -2.45. The average molecular weight is 958 g/mol. The Morgan fingerprint density at radius 1 is 1.02 bits per heavy atom. The molecule has 3 heterocycles. The van der Waals surface area contributed by atoms with Crippen molar-refractivity contribution in [2.45, 2.75) is 133 Å². The van der Waals surface area contributed by atoms with Crippen molar-refractivity contribution in [3.8, 4) is 0 Å². The van der Waals surface area contributed by atoms with E-state index in [2.05, 4.69) is 30.6 Å². The number of aromatic amines is 1. The van der Waals surface area contributed by atoms with Gasteiger partial charge in [-0.2, -0.15) is 0 Å². The Morgan fingerprint density at radius 3 is 2.33 bits per heavy atom. The van der Waals surface area contributed by atoms with Crippen LogP contribution in [0.5, 0.6) is 0 Å². The summed E-state index contributed by atoms with van der Waals surface area (Å²) in [7, 11) is 9.04. The maximum Gasteiger partial charge on any atom is 0.410 e. The van der Waals surface area contributed by atoms with Crippen molar-refractivity contribution < 1.29 is 43.3 Å². The van der Waals surface area contributed by atoms with Gasteiger partial charge in [-0.05, 0) is 61.8 Å². The molecule has 0 radical (unpaired) electrons. The monoisotopic (exact) mass is 957 g/mol. The first-order valence-electron chi connectivity index (χ1n) is 22.6. The number of nitrogens with one attached hydrogen (secondary N) is 3. The number of methoxy groups -OCH3 is 2. The Morgan fingerprint density at radius 2 is 1.71 bits per heavy atom. The summed E-state index contributed by atoms with van der Waals surface area (Å²) >= 11 is 0. The van der Waals surface area contributed by atoms with Gasteiger partial charge in [-0.1, -0.05) is 82.2 Å². The minimum atomic E-state index is -0.936. The molecular formula is C46H71N9O9S2. The molecule has 0 bridgehead atoms. The number of likely N-dealkylation sites (N-methyl/N-ethyl adjacent to an activating group) is 2. The van der Waals surface area contributed by atoms with E-state index in [0.29, 0.717) is 41.3 Å². The van der Waals surface area contributed by atoms with Gasteiger partial charge in [0.1, 0.15) is 24.5 Å². The van der Waals surface area contributed by atoms with Crippen LogP contribution in [0, 0.1) is 17.8 Å². The zero-order valence-corrected chi connectivity index (χ0v) is 42.1. The second-order valence-electron chi connectivity index (χ2n) is 18.1. The largest absolute Gasteiger partial charge is 0.448 e. The molecule has 9 atom stereocenters. The van der Waals surface area contributed by atoms with Gasteiger partial charge in [0.2, 0.25) is 23.6 Å². The first-order chi connectivity index (χ1) is 31.2. The van der Waals surface area contributed by atoms with Gasteiger partial charge in [0, 0.05) is 34.9 Å². The van der Waals surface area contributed by atoms with Gasteiger partial charge in [-0.3, -0.25) is 24.1 Å². The van der Waals surface area contributed by atoms with Crippen LogP contribution in [0.3, 0.4) is 0 Å². The zero-order valence-electron chi connectivity index (χ0n) is 40.5. The summed E-state index contributed by atoms with van der Waals surface area (Å²) in [6.45, 7) is 15.1. The van der Waals surface area contributed by atoms with Gasteiger partial charge >= 0.3 is 6.09 Å². The molecule has 20 heteroatoms. The molecular weight excluding hydrogens is 887 g/mol. The fourth-order valence-electron chi connectivity index (χ4n) is 8.42. The molecule has 0 aliphatic carbocycles. The van der Waals surface area contributed by atoms with Crippen LogP contribution in [0.1, 0.15) is 92.7 Å². The van der Waals surface area contributed by atoms with Gasteiger partial charge in [-0.25, -0.2) is 19.7 Å². The Balaban J connectivity index is 1.34. The van der Waals surface area contributed by atoms with Gasteiger partial charge in [0.05, 0.1) is 66.3 Å². The summed E-state index contributed by atoms with van der Waals surface area (Å²) in [6.07, 6.45) is 2.18. The van der Waals surface area contributed by atoms with Crippen LogP contribution in [0.25, 0.3) is 11.2 Å². The molecule has 5 amide bonds. The van der Waals surface area contributed by atoms with Crippen molar-refractivity contribution in [1.29, 1.82) is 0 Å². The van der Waals surface area contributed by atoms with Gasteiger partial charge in [-0.15, -0.1) is 0 Å². The minimum Gasteiger partial charge on any atom is -0.448 e. The third-order valence-electron chi connectivity index (χ3n) is 12.3. The number of nitrogens with zero attached hydrogens (tertiary/aromatic N) is 6. The second kappa shape index (κ2) is 25.0. The third-order valence-corrected chi connectivity index (χ3v) is 15.4. The number of fused-ring (bicyclic) bond motifs is 1. The highest BCUT2D eigenvalue weighted by atomic mass is 33.1. The van der Waals surface area contributed by atoms with Crippen LogP contribution in [0.2, 0.25) is 0 Å². The molecule has 3 aromatic rings. The SMILES string of the molecule is CCC(C)C(C(CC(=O)N1CCCC1C(OC)C(C)C(=O)NC(C)C(O)c1ccccc1)OC)N(C)C(=O)CNC(=O)C(C(C)C)N(C)C(=O)OCC(C)(C)SSc1nc2ncncc2[nH]1. The van der Waals surface area contributed by atoms with Crippen LogP contribution in [-0.4, -0.2) is 159 Å². The lowest BCUT2D eigenvalue weighted by molar-refractivity contribution is -0.146. The molecule has 2 aromatic heterocycles. The first kappa shape index (κ1) is 54.1. The Labute approximate surface area is 397 Å². The Kier molecular flexibility index (Phi) is 20.5. The number of ether oxygens (including phenoxy) is 3. The number of hydrogen-bond acceptors (Lipinski definition) is 14. The van der Waals surface area contributed by atoms with E-state index in [-0.39, 0.29) is 49.3 Å². The van der Waals surface area contributed by atoms with Crippen LogP contribution in [0.4, 0.5) is 4.79 Å². The van der Waals surface area contributed by atoms with Crippen molar-refractivity contribution in [2.75, 3.05) is 48.0 Å². The highest BCUT2D eigenvalue weighted by Gasteiger charge is 2.42. The van der Waals surface area contributed by atoms with E-state index < -0.39 is 65.0 Å². The van der Waals surface area contributed by atoms with E-state index in [1.54, 1.807) is 44.1 Å². The maximum atomic E-state index is 14.2. The number of aliphatic hydroxyl groups excluding tert-OH is 1. The molecule has 1 aliphatic heterocycles. The lowest BCUT2D eigenvalue weighted by Gasteiger charge is -2.39. The maximum absolute atomic E-state index is 14.2. The predicted octanol–water partition coefficient (Wildman–Crippen LogP) is 5.24. The summed E-state index contributed by atoms with van der Waals surface area (Å²) in [4.78, 5) is 88.9. The number of amides is 5. The fourth-order valence-corrected chi connectivity index (χ4v) is 10.4. The van der Waals surface area contributed by atoms with Crippen molar-refractivity contribution >= 4 is 62.5 Å². The number of aliphatic hydroxyl groups is 1. The first-order valence-corrected chi connectivity index (χ1v) is 24.7. The van der Waals surface area contributed by atoms with Gasteiger partial charge in [0.25, 0.3) is 0 Å². The summed E-state index contributed by atoms with van der Waals surface area (Å²) in [5, 5.41) is 17.2. The highest BCUT2D eigenvalue weighted by Crippen LogP contribution is 2.40. The number of likely N-dealkylation sites (tertiary alicyclic amines) is 1. The van der Waals surface area contributed by atoms with Crippen molar-refractivity contribution in [3.05, 3.63) is 48.4 Å². The zero-order chi connectivity index (χ0) is 48.9. The summed E-state index contributed by atoms with van der Waals surface area (Å²) in [6, 6.07) is 6.70. The number of hydrogen-bond donors (Lipinski definition) is 4. The molecule has 1 aliphatic rings. The quantitative estimate of drug-likeness (QED) is 0.0845. The number of aromatic nitrogens is 4. The molecule has 1 fully saturated rings. The smallest absolute Gasteiger partial charge is 0.410 e. The van der Waals surface area contributed by atoms with Crippen LogP contribution in [0.15, 0.2) is 48.0 Å². The number of benzene rings is 1. The normalized spacial score (nSPS) is 17.8. The third kappa shape index (κ3) is 14.3. The number of rotatable bonds is 24. The van der Waals surface area contributed by atoms with E-state index in [4.69, 9.17) is 14.2 Å². The molecule has 0 spiro atoms. The van der Waals surface area contributed by atoms with Crippen LogP contribution in [-0.2, 0) is 33.4 Å². The Hall–Kier alpha value is -4.50. The molecule has 9 unspecified atom stereocenters. The van der Waals surface area contributed by atoms with Gasteiger partial charge in [0.15, 0.2) is 10.8 Å². The number of imidazole rings is 1. The lowest BCUT2D eigenvalue weighted by Crippen LogP contribution is -2.56. The lowest BCUT2D eigenvalue weighted by atomic mass is 9.90. The van der Waals surface area contributed by atoms with E-state index in [0.717, 1.165) is 6.42 Å². The fraction of sp³-hybridized carbons (Fsp3) is 0.652. The van der Waals surface area contributed by atoms with E-state index >= 15 is 0 Å². The molecule has 4 rings (SSSR count). The van der Waals surface area contributed by atoms with E-state index in [9.17, 15) is 29.1 Å². The summed E-state index contributed by atoms with van der Waals surface area (Å²) < 4.78 is 17.1. The summed E-state index contributed by atoms with van der Waals surface area (Å²) in [5.41, 5.74) is 1.96. The second-order valence-corrected chi connectivity index (χ2v) is 20.9. The molecule has 18 nitrogen and oxygen atoms in total. The van der Waals surface area contributed by atoms with E-state index in [1.165, 1.54) is 59.0 Å². The van der Waals surface area contributed by atoms with Gasteiger partial charge < -0.3 is 44.7 Å². The molecule has 66 heavy (non-hydrogen) atoms. The van der Waals surface area contributed by atoms with Crippen molar-refractivity contribution in [2.24, 2.45) is 17.8 Å². The standard InChI is InChI=1S/C46H71N9O9S2/c1-13-28(4)38(34(62-11)22-35(56)55-21-17-20-33(55)40(63-12)29(5)42(59)50-30(6)39(58)31-18-15-14-16-19-31)53(9)36(57)24-48-43(60)37(27(2)3)54(10)45(61)64-25-46(7,8)66-65-44-51-32-23-47-26-49-41(32)52-44/h14-16,18-19,23,26-30,33-34,37-40,58H,13,17,20-22,24-25H2,1-12H3,(H,48,60)(H,50,59)(H,47,49,51,52). The topological polar surface area (TPSA) is 222 Å². The average Bonchev–Trinajstić information content (AvgIpc) is 3.97. The van der Waals surface area contributed by atoms with Crippen LogP contribution < -0.4 is 10.6 Å². The predicted molar refractivity (Wildman–Crippen MR) is 255 cm³/mol. The molecule has 0 saturated carbocycles. The van der Waals surface area contributed by atoms with Crippen molar-refractivity contribution in [1.82, 2.24) is 45.3 Å². The molecule has 1 saturated heterocycles. The van der Waals surface area contributed by atoms with E-state index in [1.807, 2.05) is 59.7 Å². The molecule has 366 valence electrons. The number of H-pyrrole nitrogens is 1. The highest BCUT2D eigenvalue weighted by molar-refractivity contribution is 8.77.